The van der Waals surface area contributed by atoms with Crippen LogP contribution in [0.4, 0.5) is 5.69 Å². The molecule has 3 aromatic rings. The predicted octanol–water partition coefficient (Wildman–Crippen LogP) is 4.36. The molecule has 1 heterocycles. The highest BCUT2D eigenvalue weighted by atomic mass is 16.4. The fourth-order valence-electron chi connectivity index (χ4n) is 4.35. The summed E-state index contributed by atoms with van der Waals surface area (Å²) >= 11 is 0. The minimum absolute atomic E-state index is 0.00266. The zero-order valence-corrected chi connectivity index (χ0v) is 18.4. The van der Waals surface area contributed by atoms with Gasteiger partial charge in [-0.05, 0) is 56.0 Å². The van der Waals surface area contributed by atoms with E-state index in [9.17, 15) is 14.7 Å². The number of nitrogens with one attached hydrogen (secondary N) is 1. The van der Waals surface area contributed by atoms with Crippen molar-refractivity contribution in [2.75, 3.05) is 5.73 Å². The number of carbonyl (C=O) groups excluding carboxylic acids is 1. The average Bonchev–Trinajstić information content (AvgIpc) is 3.42. The molecule has 1 fully saturated rings. The van der Waals surface area contributed by atoms with Crippen molar-refractivity contribution in [3.63, 3.8) is 0 Å². The summed E-state index contributed by atoms with van der Waals surface area (Å²) in [5, 5.41) is 17.3. The van der Waals surface area contributed by atoms with Crippen LogP contribution in [-0.2, 0) is 6.54 Å². The van der Waals surface area contributed by atoms with E-state index in [2.05, 4.69) is 10.4 Å². The number of nitrogens with zero attached hydrogens (tertiary/aromatic N) is 2. The summed E-state index contributed by atoms with van der Waals surface area (Å²) < 4.78 is 1.42. The number of anilines is 1. The van der Waals surface area contributed by atoms with Crippen LogP contribution in [0, 0.1) is 13.8 Å². The maximum absolute atomic E-state index is 12.6. The first-order chi connectivity index (χ1) is 15.3. The third-order valence-corrected chi connectivity index (χ3v) is 6.17. The molecule has 0 atom stereocenters. The first-order valence-electron chi connectivity index (χ1n) is 10.9. The number of aryl methyl sites for hydroxylation is 2. The molecule has 1 aliphatic carbocycles. The Kier molecular flexibility index (Phi) is 5.99. The summed E-state index contributed by atoms with van der Waals surface area (Å²) in [5.41, 5.74) is 11.3. The van der Waals surface area contributed by atoms with Crippen LogP contribution in [0.1, 0.15) is 74.8 Å². The number of carboxylic acid groups (broad SMARTS) is 1. The first kappa shape index (κ1) is 21.6. The maximum Gasteiger partial charge on any atom is 0.356 e. The fourth-order valence-corrected chi connectivity index (χ4v) is 4.35. The molecule has 7 heteroatoms. The standard InChI is InChI=1S/C25H28N4O3/c1-15-7-8-16(2)20(13-15)24(30)27-14-17-9-11-19(12-10-17)29-23(25(31)32)21(26)22(28-29)18-5-3-4-6-18/h7-13,18H,3-6,14,26H2,1-2H3,(H,27,30)(H,31,32). The third kappa shape index (κ3) is 4.23. The molecule has 0 unspecified atom stereocenters. The minimum atomic E-state index is -1.09. The van der Waals surface area contributed by atoms with E-state index in [1.165, 1.54) is 4.68 Å². The van der Waals surface area contributed by atoms with Gasteiger partial charge in [0.05, 0.1) is 17.1 Å². The Morgan fingerprint density at radius 2 is 1.81 bits per heavy atom. The molecule has 4 N–H and O–H groups in total. The van der Waals surface area contributed by atoms with Crippen molar-refractivity contribution in [2.24, 2.45) is 0 Å². The van der Waals surface area contributed by atoms with Crippen LogP contribution in [0.15, 0.2) is 42.5 Å². The third-order valence-electron chi connectivity index (χ3n) is 6.17. The summed E-state index contributed by atoms with van der Waals surface area (Å²) in [4.78, 5) is 24.4. The molecule has 1 aliphatic rings. The number of aromatic carboxylic acids is 1. The summed E-state index contributed by atoms with van der Waals surface area (Å²) in [5.74, 6) is -0.998. The van der Waals surface area contributed by atoms with Gasteiger partial charge in [-0.1, -0.05) is 42.7 Å². The smallest absolute Gasteiger partial charge is 0.356 e. The maximum atomic E-state index is 12.6. The zero-order valence-electron chi connectivity index (χ0n) is 18.4. The van der Waals surface area contributed by atoms with E-state index < -0.39 is 5.97 Å². The van der Waals surface area contributed by atoms with E-state index in [0.29, 0.717) is 23.5 Å². The van der Waals surface area contributed by atoms with E-state index >= 15 is 0 Å². The van der Waals surface area contributed by atoms with Crippen LogP contribution in [-0.4, -0.2) is 26.8 Å². The van der Waals surface area contributed by atoms with Crippen molar-refractivity contribution in [3.8, 4) is 5.69 Å². The Balaban J connectivity index is 1.52. The predicted molar refractivity (Wildman–Crippen MR) is 123 cm³/mol. The number of carbonyl (C=O) groups is 2. The lowest BCUT2D eigenvalue weighted by Gasteiger charge is -2.10. The van der Waals surface area contributed by atoms with Gasteiger partial charge in [0, 0.05) is 18.0 Å². The van der Waals surface area contributed by atoms with Gasteiger partial charge in [0.15, 0.2) is 5.69 Å². The van der Waals surface area contributed by atoms with Crippen molar-refractivity contribution in [1.82, 2.24) is 15.1 Å². The number of amides is 1. The van der Waals surface area contributed by atoms with Gasteiger partial charge in [-0.15, -0.1) is 0 Å². The number of hydrogen-bond donors (Lipinski definition) is 3. The van der Waals surface area contributed by atoms with Gasteiger partial charge in [-0.25, -0.2) is 9.48 Å². The highest BCUT2D eigenvalue weighted by Crippen LogP contribution is 2.38. The lowest BCUT2D eigenvalue weighted by molar-refractivity contribution is 0.0688. The van der Waals surface area contributed by atoms with Crippen LogP contribution in [0.25, 0.3) is 5.69 Å². The van der Waals surface area contributed by atoms with Gasteiger partial charge in [0.25, 0.3) is 5.91 Å². The fraction of sp³-hybridized carbons (Fsp3) is 0.320. The van der Waals surface area contributed by atoms with E-state index in [0.717, 1.165) is 42.4 Å². The Hall–Kier alpha value is -3.61. The number of rotatable bonds is 6. The SMILES string of the molecule is Cc1ccc(C)c(C(=O)NCc2ccc(-n3nc(C4CCCC4)c(N)c3C(=O)O)cc2)c1. The van der Waals surface area contributed by atoms with E-state index in [-0.39, 0.29) is 23.2 Å². The molecule has 1 amide bonds. The highest BCUT2D eigenvalue weighted by molar-refractivity contribution is 5.95. The number of nitrogen functional groups attached to an aromatic ring is 1. The van der Waals surface area contributed by atoms with Crippen LogP contribution < -0.4 is 11.1 Å². The second kappa shape index (κ2) is 8.86. The van der Waals surface area contributed by atoms with Crippen molar-refractivity contribution in [2.45, 2.75) is 52.0 Å². The number of carboxylic acids is 1. The van der Waals surface area contributed by atoms with Gasteiger partial charge in [0.2, 0.25) is 0 Å². The van der Waals surface area contributed by atoms with Crippen LogP contribution in [0.5, 0.6) is 0 Å². The summed E-state index contributed by atoms with van der Waals surface area (Å²) in [6, 6.07) is 13.1. The van der Waals surface area contributed by atoms with E-state index in [1.807, 2.05) is 44.2 Å². The lowest BCUT2D eigenvalue weighted by atomic mass is 10.0. The molecule has 0 aliphatic heterocycles. The second-order valence-corrected chi connectivity index (χ2v) is 8.51. The van der Waals surface area contributed by atoms with Gasteiger partial charge in [0.1, 0.15) is 0 Å². The molecular weight excluding hydrogens is 404 g/mol. The summed E-state index contributed by atoms with van der Waals surface area (Å²) in [6.07, 6.45) is 4.20. The number of nitrogens with two attached hydrogens (primary N) is 1. The quantitative estimate of drug-likeness (QED) is 0.536. The molecule has 32 heavy (non-hydrogen) atoms. The minimum Gasteiger partial charge on any atom is -0.476 e. The number of benzene rings is 2. The van der Waals surface area contributed by atoms with Crippen molar-refractivity contribution >= 4 is 17.6 Å². The van der Waals surface area contributed by atoms with Gasteiger partial charge in [-0.2, -0.15) is 5.10 Å². The highest BCUT2D eigenvalue weighted by Gasteiger charge is 2.28. The summed E-state index contributed by atoms with van der Waals surface area (Å²) in [7, 11) is 0. The topological polar surface area (TPSA) is 110 Å². The first-order valence-corrected chi connectivity index (χ1v) is 10.9. The summed E-state index contributed by atoms with van der Waals surface area (Å²) in [6.45, 7) is 4.24. The Labute approximate surface area is 187 Å². The molecule has 7 nitrogen and oxygen atoms in total. The molecule has 1 saturated carbocycles. The normalized spacial score (nSPS) is 13.9. The van der Waals surface area contributed by atoms with Crippen LogP contribution in [0.2, 0.25) is 0 Å². The van der Waals surface area contributed by atoms with E-state index in [1.54, 1.807) is 12.1 Å². The molecule has 0 saturated heterocycles. The second-order valence-electron chi connectivity index (χ2n) is 8.51. The number of hydrogen-bond acceptors (Lipinski definition) is 4. The molecule has 0 bridgehead atoms. The zero-order chi connectivity index (χ0) is 22.8. The Morgan fingerprint density at radius 1 is 1.12 bits per heavy atom. The van der Waals surface area contributed by atoms with Gasteiger partial charge >= 0.3 is 5.97 Å². The van der Waals surface area contributed by atoms with Crippen molar-refractivity contribution in [1.29, 1.82) is 0 Å². The molecule has 0 radical (unpaired) electrons. The molecular formula is C25H28N4O3. The van der Waals surface area contributed by atoms with Crippen molar-refractivity contribution in [3.05, 3.63) is 76.1 Å². The number of aromatic nitrogens is 2. The Bertz CT molecular complexity index is 1160. The average molecular weight is 433 g/mol. The van der Waals surface area contributed by atoms with Gasteiger partial charge < -0.3 is 16.2 Å². The molecule has 2 aromatic carbocycles. The molecule has 4 rings (SSSR count). The van der Waals surface area contributed by atoms with Gasteiger partial charge in [-0.3, -0.25) is 4.79 Å². The van der Waals surface area contributed by atoms with Crippen LogP contribution >= 0.6 is 0 Å². The monoisotopic (exact) mass is 432 g/mol. The molecule has 1 aromatic heterocycles. The lowest BCUT2D eigenvalue weighted by Crippen LogP contribution is -2.23. The largest absolute Gasteiger partial charge is 0.476 e. The van der Waals surface area contributed by atoms with Crippen LogP contribution in [0.3, 0.4) is 0 Å². The van der Waals surface area contributed by atoms with E-state index in [4.69, 9.17) is 5.73 Å². The molecule has 166 valence electrons. The van der Waals surface area contributed by atoms with Crippen molar-refractivity contribution < 1.29 is 14.7 Å². The Morgan fingerprint density at radius 3 is 2.47 bits per heavy atom. The molecule has 0 spiro atoms.